The van der Waals surface area contributed by atoms with E-state index < -0.39 is 11.9 Å². The second-order valence-electron chi connectivity index (χ2n) is 5.78. The number of rotatable bonds is 3. The van der Waals surface area contributed by atoms with Crippen LogP contribution in [0.25, 0.3) is 0 Å². The Balaban J connectivity index is 1.90. The number of urea groups is 1. The van der Waals surface area contributed by atoms with E-state index in [-0.39, 0.29) is 18.5 Å². The third-order valence-electron chi connectivity index (χ3n) is 3.86. The minimum absolute atomic E-state index is 0.190. The van der Waals surface area contributed by atoms with Crippen LogP contribution >= 0.6 is 0 Å². The first-order valence-corrected chi connectivity index (χ1v) is 7.30. The summed E-state index contributed by atoms with van der Waals surface area (Å²) in [5, 5.41) is 12.0. The monoisotopic (exact) mass is 300 g/mol. The topological polar surface area (TPSA) is 69.6 Å². The summed E-state index contributed by atoms with van der Waals surface area (Å²) >= 11 is 0. The highest BCUT2D eigenvalue weighted by Crippen LogP contribution is 2.21. The average molecular weight is 300 g/mol. The second kappa shape index (κ2) is 6.99. The number of terminal acetylenes is 1. The zero-order chi connectivity index (χ0) is 16.1. The lowest BCUT2D eigenvalue weighted by Crippen LogP contribution is -2.49. The normalized spacial score (nSPS) is 21.0. The first-order chi connectivity index (χ1) is 10.5. The number of carboxylic acids is 1. The summed E-state index contributed by atoms with van der Waals surface area (Å²) in [5.74, 6) is 1.41. The van der Waals surface area contributed by atoms with E-state index in [9.17, 15) is 9.59 Å². The number of carbonyl (C=O) groups is 2. The van der Waals surface area contributed by atoms with Gasteiger partial charge in [-0.3, -0.25) is 4.79 Å². The molecule has 2 unspecified atom stereocenters. The maximum atomic E-state index is 12.2. The summed E-state index contributed by atoms with van der Waals surface area (Å²) < 4.78 is 0. The number of amides is 2. The van der Waals surface area contributed by atoms with Crippen molar-refractivity contribution in [3.63, 3.8) is 0 Å². The highest BCUT2D eigenvalue weighted by molar-refractivity contribution is 5.76. The molecule has 5 heteroatoms. The van der Waals surface area contributed by atoms with Crippen molar-refractivity contribution in [1.29, 1.82) is 0 Å². The quantitative estimate of drug-likeness (QED) is 0.838. The minimum atomic E-state index is -0.839. The van der Waals surface area contributed by atoms with Crippen LogP contribution in [0.15, 0.2) is 24.3 Å². The Kier molecular flexibility index (Phi) is 5.05. The first kappa shape index (κ1) is 15.9. The first-order valence-electron chi connectivity index (χ1n) is 7.30. The zero-order valence-corrected chi connectivity index (χ0v) is 12.6. The Labute approximate surface area is 130 Å². The predicted octanol–water partition coefficient (Wildman–Crippen LogP) is 1.92. The molecule has 0 saturated carbocycles. The summed E-state index contributed by atoms with van der Waals surface area (Å²) in [4.78, 5) is 24.9. The van der Waals surface area contributed by atoms with Crippen molar-refractivity contribution in [2.24, 2.45) is 11.8 Å². The van der Waals surface area contributed by atoms with Crippen molar-refractivity contribution in [2.75, 3.05) is 13.1 Å². The van der Waals surface area contributed by atoms with Gasteiger partial charge in [0.1, 0.15) is 0 Å². The van der Waals surface area contributed by atoms with Gasteiger partial charge < -0.3 is 15.3 Å². The number of piperidine rings is 1. The molecule has 2 rings (SSSR count). The summed E-state index contributed by atoms with van der Waals surface area (Å²) in [7, 11) is 0. The minimum Gasteiger partial charge on any atom is -0.481 e. The van der Waals surface area contributed by atoms with E-state index in [1.807, 2.05) is 31.2 Å². The van der Waals surface area contributed by atoms with Gasteiger partial charge in [-0.05, 0) is 30.0 Å². The van der Waals surface area contributed by atoms with E-state index in [1.165, 1.54) is 0 Å². The molecule has 1 saturated heterocycles. The fourth-order valence-corrected chi connectivity index (χ4v) is 2.70. The maximum absolute atomic E-state index is 12.2. The van der Waals surface area contributed by atoms with Crippen LogP contribution in [-0.4, -0.2) is 35.1 Å². The van der Waals surface area contributed by atoms with E-state index in [1.54, 1.807) is 4.90 Å². The SMILES string of the molecule is C#Cc1ccc(CNC(=O)N2CC(C)CC(C(=O)O)C2)cc1. The van der Waals surface area contributed by atoms with Crippen molar-refractivity contribution in [3.8, 4) is 12.3 Å². The van der Waals surface area contributed by atoms with Crippen LogP contribution < -0.4 is 5.32 Å². The van der Waals surface area contributed by atoms with Crippen LogP contribution in [0.2, 0.25) is 0 Å². The highest BCUT2D eigenvalue weighted by atomic mass is 16.4. The number of carboxylic acid groups (broad SMARTS) is 1. The van der Waals surface area contributed by atoms with Crippen LogP contribution in [0.3, 0.4) is 0 Å². The molecule has 2 amide bonds. The molecule has 5 nitrogen and oxygen atoms in total. The largest absolute Gasteiger partial charge is 0.481 e. The molecule has 0 aromatic heterocycles. The van der Waals surface area contributed by atoms with Crippen LogP contribution in [-0.2, 0) is 11.3 Å². The van der Waals surface area contributed by atoms with E-state index >= 15 is 0 Å². The Hall–Kier alpha value is -2.48. The summed E-state index contributed by atoms with van der Waals surface area (Å²) in [6.45, 7) is 3.22. The number of nitrogens with zero attached hydrogens (tertiary/aromatic N) is 1. The molecule has 1 aliphatic rings. The number of benzene rings is 1. The molecule has 2 atom stereocenters. The smallest absolute Gasteiger partial charge is 0.317 e. The van der Waals surface area contributed by atoms with E-state index in [0.717, 1.165) is 11.1 Å². The van der Waals surface area contributed by atoms with E-state index in [4.69, 9.17) is 11.5 Å². The van der Waals surface area contributed by atoms with Crippen molar-refractivity contribution < 1.29 is 14.7 Å². The van der Waals surface area contributed by atoms with Gasteiger partial charge in [0.15, 0.2) is 0 Å². The fraction of sp³-hybridized carbons (Fsp3) is 0.412. The van der Waals surface area contributed by atoms with Gasteiger partial charge in [-0.2, -0.15) is 0 Å². The Morgan fingerprint density at radius 3 is 2.64 bits per heavy atom. The van der Waals surface area contributed by atoms with Gasteiger partial charge in [0, 0.05) is 25.2 Å². The Morgan fingerprint density at radius 2 is 2.05 bits per heavy atom. The lowest BCUT2D eigenvalue weighted by atomic mass is 9.91. The van der Waals surface area contributed by atoms with Crippen molar-refractivity contribution in [2.45, 2.75) is 19.9 Å². The number of hydrogen-bond donors (Lipinski definition) is 2. The van der Waals surface area contributed by atoms with E-state index in [2.05, 4.69) is 11.2 Å². The van der Waals surface area contributed by atoms with Crippen molar-refractivity contribution in [1.82, 2.24) is 10.2 Å². The van der Waals surface area contributed by atoms with Gasteiger partial charge in [-0.15, -0.1) is 6.42 Å². The molecule has 0 bridgehead atoms. The summed E-state index contributed by atoms with van der Waals surface area (Å²) in [5.41, 5.74) is 1.75. The van der Waals surface area contributed by atoms with Gasteiger partial charge >= 0.3 is 12.0 Å². The van der Waals surface area contributed by atoms with Gasteiger partial charge in [0.05, 0.1) is 5.92 Å². The Bertz CT molecular complexity index is 589. The van der Waals surface area contributed by atoms with Crippen LogP contribution in [0.1, 0.15) is 24.5 Å². The standard InChI is InChI=1S/C17H20N2O3/c1-3-13-4-6-14(7-5-13)9-18-17(22)19-10-12(2)8-15(11-19)16(20)21/h1,4-7,12,15H,8-11H2,2H3,(H,18,22)(H,20,21). The third kappa shape index (κ3) is 4.01. The van der Waals surface area contributed by atoms with Crippen LogP contribution in [0.5, 0.6) is 0 Å². The third-order valence-corrected chi connectivity index (χ3v) is 3.86. The summed E-state index contributed by atoms with van der Waals surface area (Å²) in [6, 6.07) is 7.16. The summed E-state index contributed by atoms with van der Waals surface area (Å²) in [6.07, 6.45) is 5.91. The molecule has 1 fully saturated rings. The van der Waals surface area contributed by atoms with Crippen molar-refractivity contribution >= 4 is 12.0 Å². The Morgan fingerprint density at radius 1 is 1.36 bits per heavy atom. The van der Waals surface area contributed by atoms with Crippen LogP contribution in [0.4, 0.5) is 4.79 Å². The molecule has 1 aromatic carbocycles. The van der Waals surface area contributed by atoms with Crippen molar-refractivity contribution in [3.05, 3.63) is 35.4 Å². The highest BCUT2D eigenvalue weighted by Gasteiger charge is 2.31. The molecular weight excluding hydrogens is 280 g/mol. The molecule has 2 N–H and O–H groups in total. The maximum Gasteiger partial charge on any atom is 0.317 e. The molecule has 1 aromatic rings. The molecular formula is C17H20N2O3. The molecule has 1 heterocycles. The second-order valence-corrected chi connectivity index (χ2v) is 5.78. The molecule has 0 radical (unpaired) electrons. The molecule has 0 spiro atoms. The molecule has 0 aliphatic carbocycles. The number of nitrogens with one attached hydrogen (secondary N) is 1. The lowest BCUT2D eigenvalue weighted by Gasteiger charge is -2.34. The van der Waals surface area contributed by atoms with Crippen LogP contribution in [0, 0.1) is 24.2 Å². The number of aliphatic carboxylic acids is 1. The average Bonchev–Trinajstić information content (AvgIpc) is 2.52. The number of likely N-dealkylation sites (tertiary alicyclic amines) is 1. The molecule has 116 valence electrons. The van der Waals surface area contributed by atoms with Gasteiger partial charge in [0.2, 0.25) is 0 Å². The van der Waals surface area contributed by atoms with Gasteiger partial charge in [-0.1, -0.05) is 25.0 Å². The molecule has 22 heavy (non-hydrogen) atoms. The zero-order valence-electron chi connectivity index (χ0n) is 12.6. The van der Waals surface area contributed by atoms with E-state index in [0.29, 0.717) is 19.5 Å². The predicted molar refractivity (Wildman–Crippen MR) is 83.1 cm³/mol. The lowest BCUT2D eigenvalue weighted by molar-refractivity contribution is -0.143. The van der Waals surface area contributed by atoms with Gasteiger partial charge in [0.25, 0.3) is 0 Å². The fourth-order valence-electron chi connectivity index (χ4n) is 2.70. The number of hydrogen-bond acceptors (Lipinski definition) is 2. The van der Waals surface area contributed by atoms with Gasteiger partial charge in [-0.25, -0.2) is 4.79 Å². The molecule has 1 aliphatic heterocycles. The number of carbonyl (C=O) groups excluding carboxylic acids is 1.